The fourth-order valence-corrected chi connectivity index (χ4v) is 5.92. The Morgan fingerprint density at radius 3 is 2.61 bits per heavy atom. The number of nitrogens with zero attached hydrogens (tertiary/aromatic N) is 5. The lowest BCUT2D eigenvalue weighted by molar-refractivity contribution is 0.143. The summed E-state index contributed by atoms with van der Waals surface area (Å²) < 4.78 is 34.9. The van der Waals surface area contributed by atoms with E-state index >= 15 is 0 Å². The van der Waals surface area contributed by atoms with Gasteiger partial charge in [0.25, 0.3) is 0 Å². The molecule has 8 nitrogen and oxygen atoms in total. The lowest BCUT2D eigenvalue weighted by atomic mass is 10.2. The van der Waals surface area contributed by atoms with Crippen LogP contribution in [0.25, 0.3) is 0 Å². The third-order valence-electron chi connectivity index (χ3n) is 5.64. The van der Waals surface area contributed by atoms with Gasteiger partial charge in [-0.3, -0.25) is 14.9 Å². The van der Waals surface area contributed by atoms with Crippen LogP contribution in [0.2, 0.25) is 0 Å². The van der Waals surface area contributed by atoms with E-state index in [1.165, 1.54) is 4.31 Å². The lowest BCUT2D eigenvalue weighted by Crippen LogP contribution is -2.46. The quantitative estimate of drug-likeness (QED) is 0.617. The molecule has 2 aliphatic rings. The second kappa shape index (κ2) is 7.99. The molecule has 0 bridgehead atoms. The predicted octanol–water partition coefficient (Wildman–Crippen LogP) is 2.02. The first-order chi connectivity index (χ1) is 15.0. The van der Waals surface area contributed by atoms with Crippen LogP contribution in [0.4, 0.5) is 0 Å². The highest BCUT2D eigenvalue weighted by Gasteiger charge is 2.47. The van der Waals surface area contributed by atoms with Gasteiger partial charge >= 0.3 is 0 Å². The molecule has 1 saturated heterocycles. The number of aromatic nitrogens is 3. The molecule has 0 N–H and O–H groups in total. The maximum absolute atomic E-state index is 13.6. The Kier molecular flexibility index (Phi) is 5.17. The van der Waals surface area contributed by atoms with Gasteiger partial charge in [0.15, 0.2) is 0 Å². The molecule has 0 aromatic carbocycles. The molecule has 3 aromatic heterocycles. The molecule has 9 heteroatoms. The number of likely N-dealkylation sites (tertiary alicyclic amines) is 1. The monoisotopic (exact) mass is 437 g/mol. The highest BCUT2D eigenvalue weighted by atomic mass is 32.2. The zero-order valence-corrected chi connectivity index (χ0v) is 17.9. The standard InChI is InChI=1S/C22H23N5O3S/c1-16-6-4-8-18(25-16)12-26-14-19-20(15-26)30-22-21(9-5-11-24-22)31(28,29)27(19)13-17-7-2-3-10-23-17/h2-11,19-20H,12-15H2,1H3/t19-,20+/m1/s1. The van der Waals surface area contributed by atoms with Crippen LogP contribution in [0, 0.1) is 6.92 Å². The van der Waals surface area contributed by atoms with E-state index in [0.717, 1.165) is 11.4 Å². The second-order valence-corrected chi connectivity index (χ2v) is 9.73. The molecule has 0 radical (unpaired) electrons. The first kappa shape index (κ1) is 20.0. The highest BCUT2D eigenvalue weighted by Crippen LogP contribution is 2.35. The molecule has 0 amide bonds. The molecule has 2 aliphatic heterocycles. The summed E-state index contributed by atoms with van der Waals surface area (Å²) >= 11 is 0. The van der Waals surface area contributed by atoms with E-state index in [9.17, 15) is 8.42 Å². The van der Waals surface area contributed by atoms with Gasteiger partial charge in [-0.1, -0.05) is 12.1 Å². The van der Waals surface area contributed by atoms with Crippen LogP contribution in [-0.2, 0) is 23.1 Å². The SMILES string of the molecule is Cc1cccc(CN2C[C@@H]3Oc4ncccc4S(=O)(=O)N(Cc4ccccn4)[C@@H]3C2)n1. The van der Waals surface area contributed by atoms with Gasteiger partial charge in [0.05, 0.1) is 24.0 Å². The zero-order chi connectivity index (χ0) is 21.4. The first-order valence-electron chi connectivity index (χ1n) is 10.2. The van der Waals surface area contributed by atoms with Crippen molar-refractivity contribution >= 4 is 10.0 Å². The van der Waals surface area contributed by atoms with Crippen molar-refractivity contribution in [1.82, 2.24) is 24.2 Å². The minimum absolute atomic E-state index is 0.104. The third-order valence-corrected chi connectivity index (χ3v) is 7.53. The van der Waals surface area contributed by atoms with E-state index in [-0.39, 0.29) is 29.5 Å². The summed E-state index contributed by atoms with van der Waals surface area (Å²) in [5.74, 6) is 0.163. The van der Waals surface area contributed by atoms with Gasteiger partial charge in [0, 0.05) is 37.7 Å². The molecule has 2 atom stereocenters. The Morgan fingerprint density at radius 1 is 0.968 bits per heavy atom. The Hall–Kier alpha value is -2.88. The average Bonchev–Trinajstić information content (AvgIpc) is 3.11. The molecule has 160 valence electrons. The number of aryl methyl sites for hydroxylation is 1. The van der Waals surface area contributed by atoms with E-state index in [4.69, 9.17) is 4.74 Å². The molecule has 0 spiro atoms. The van der Waals surface area contributed by atoms with Gasteiger partial charge < -0.3 is 4.74 Å². The predicted molar refractivity (Wildman–Crippen MR) is 114 cm³/mol. The van der Waals surface area contributed by atoms with Crippen molar-refractivity contribution in [2.45, 2.75) is 37.1 Å². The van der Waals surface area contributed by atoms with E-state index in [1.807, 2.05) is 43.3 Å². The van der Waals surface area contributed by atoms with Crippen molar-refractivity contribution in [3.63, 3.8) is 0 Å². The van der Waals surface area contributed by atoms with E-state index < -0.39 is 10.0 Å². The largest absolute Gasteiger partial charge is 0.470 e. The normalized spacial score (nSPS) is 22.9. The summed E-state index contributed by atoms with van der Waals surface area (Å²) in [6.07, 6.45) is 2.90. The Morgan fingerprint density at radius 2 is 1.81 bits per heavy atom. The second-order valence-electron chi connectivity index (χ2n) is 7.87. The number of fused-ring (bicyclic) bond motifs is 2. The minimum atomic E-state index is -3.81. The van der Waals surface area contributed by atoms with Crippen LogP contribution in [-0.4, -0.2) is 57.8 Å². The Balaban J connectivity index is 1.50. The minimum Gasteiger partial charge on any atom is -0.470 e. The van der Waals surface area contributed by atoms with Crippen LogP contribution in [0.5, 0.6) is 5.88 Å². The highest BCUT2D eigenvalue weighted by molar-refractivity contribution is 7.89. The van der Waals surface area contributed by atoms with Crippen molar-refractivity contribution in [3.05, 3.63) is 78.0 Å². The Labute approximate surface area is 181 Å². The van der Waals surface area contributed by atoms with Crippen molar-refractivity contribution in [1.29, 1.82) is 0 Å². The molecule has 5 rings (SSSR count). The van der Waals surface area contributed by atoms with Crippen LogP contribution in [0.1, 0.15) is 17.1 Å². The molecule has 3 aromatic rings. The smallest absolute Gasteiger partial charge is 0.249 e. The fourth-order valence-electron chi connectivity index (χ4n) is 4.23. The maximum Gasteiger partial charge on any atom is 0.249 e. The maximum atomic E-state index is 13.6. The van der Waals surface area contributed by atoms with Crippen molar-refractivity contribution in [3.8, 4) is 5.88 Å². The number of hydrogen-bond donors (Lipinski definition) is 0. The molecule has 1 fully saturated rings. The number of pyridine rings is 3. The van der Waals surface area contributed by atoms with Crippen LogP contribution in [0.15, 0.2) is 65.8 Å². The van der Waals surface area contributed by atoms with E-state index in [0.29, 0.717) is 25.3 Å². The molecule has 0 saturated carbocycles. The molecule has 0 aliphatic carbocycles. The lowest BCUT2D eigenvalue weighted by Gasteiger charge is -2.27. The molecular formula is C22H23N5O3S. The molecule has 5 heterocycles. The Bertz CT molecular complexity index is 1190. The first-order valence-corrected chi connectivity index (χ1v) is 11.6. The fraction of sp³-hybridized carbons (Fsp3) is 0.318. The van der Waals surface area contributed by atoms with Crippen LogP contribution < -0.4 is 4.74 Å². The summed E-state index contributed by atoms with van der Waals surface area (Å²) in [6, 6.07) is 14.3. The summed E-state index contributed by atoms with van der Waals surface area (Å²) in [5.41, 5.74) is 2.60. The van der Waals surface area contributed by atoms with Crippen LogP contribution >= 0.6 is 0 Å². The molecular weight excluding hydrogens is 414 g/mol. The number of hydrogen-bond acceptors (Lipinski definition) is 7. The van der Waals surface area contributed by atoms with Gasteiger partial charge in [0.2, 0.25) is 15.9 Å². The average molecular weight is 438 g/mol. The van der Waals surface area contributed by atoms with E-state index in [2.05, 4.69) is 19.9 Å². The van der Waals surface area contributed by atoms with Gasteiger partial charge in [-0.15, -0.1) is 0 Å². The van der Waals surface area contributed by atoms with Crippen molar-refractivity contribution in [2.24, 2.45) is 0 Å². The number of ether oxygens (including phenoxy) is 1. The van der Waals surface area contributed by atoms with Gasteiger partial charge in [0.1, 0.15) is 11.0 Å². The summed E-state index contributed by atoms with van der Waals surface area (Å²) in [7, 11) is -3.81. The summed E-state index contributed by atoms with van der Waals surface area (Å²) in [6.45, 7) is 3.90. The summed E-state index contributed by atoms with van der Waals surface area (Å²) in [4.78, 5) is 15.4. The van der Waals surface area contributed by atoms with Gasteiger partial charge in [-0.05, 0) is 43.3 Å². The topological polar surface area (TPSA) is 88.5 Å². The van der Waals surface area contributed by atoms with E-state index in [1.54, 1.807) is 24.5 Å². The molecule has 31 heavy (non-hydrogen) atoms. The van der Waals surface area contributed by atoms with Gasteiger partial charge in [-0.25, -0.2) is 13.4 Å². The van der Waals surface area contributed by atoms with Crippen LogP contribution in [0.3, 0.4) is 0 Å². The zero-order valence-electron chi connectivity index (χ0n) is 17.1. The third kappa shape index (κ3) is 3.91. The number of rotatable bonds is 4. The molecule has 0 unspecified atom stereocenters. The van der Waals surface area contributed by atoms with Crippen molar-refractivity contribution in [2.75, 3.05) is 13.1 Å². The summed E-state index contributed by atoms with van der Waals surface area (Å²) in [5, 5.41) is 0. The number of sulfonamides is 1. The van der Waals surface area contributed by atoms with Gasteiger partial charge in [-0.2, -0.15) is 4.31 Å². The van der Waals surface area contributed by atoms with Crippen molar-refractivity contribution < 1.29 is 13.2 Å².